The number of benzene rings is 1. The Balaban J connectivity index is 1.46. The minimum atomic E-state index is 0.604. The largest absolute Gasteiger partial charge is 0.492 e. The van der Waals surface area contributed by atoms with Crippen LogP contribution in [-0.4, -0.2) is 87.9 Å². The van der Waals surface area contributed by atoms with E-state index >= 15 is 0 Å². The second-order valence-electron chi connectivity index (χ2n) is 7.93. The van der Waals surface area contributed by atoms with E-state index < -0.39 is 0 Å². The lowest BCUT2D eigenvalue weighted by Gasteiger charge is -2.26. The van der Waals surface area contributed by atoms with E-state index in [4.69, 9.17) is 14.5 Å². The van der Waals surface area contributed by atoms with Crippen LogP contribution >= 0.6 is 0 Å². The van der Waals surface area contributed by atoms with Crippen molar-refractivity contribution in [3.8, 4) is 5.75 Å². The Morgan fingerprint density at radius 2 is 1.77 bits per heavy atom. The average Bonchev–Trinajstić information content (AvgIpc) is 2.80. The topological polar surface area (TPSA) is 61.4 Å². The van der Waals surface area contributed by atoms with E-state index in [0.717, 1.165) is 69.8 Å². The van der Waals surface area contributed by atoms with Crippen molar-refractivity contribution in [1.29, 1.82) is 0 Å². The fraction of sp³-hybridized carbons (Fsp3) is 0.696. The van der Waals surface area contributed by atoms with Gasteiger partial charge in [-0.1, -0.05) is 24.6 Å². The van der Waals surface area contributed by atoms with Crippen LogP contribution in [-0.2, 0) is 11.3 Å². The first-order valence-corrected chi connectivity index (χ1v) is 11.6. The van der Waals surface area contributed by atoms with E-state index in [9.17, 15) is 0 Å². The number of likely N-dealkylation sites (tertiary alicyclic amines) is 1. The molecule has 0 bridgehead atoms. The lowest BCUT2D eigenvalue weighted by Crippen LogP contribution is -2.42. The van der Waals surface area contributed by atoms with Gasteiger partial charge in [0.15, 0.2) is 5.96 Å². The standard InChI is InChI=1S/C23H39N5O2/c1-2-24-23(25-10-13-27-11-6-3-7-12-27)26-20-21-8-4-5-9-22(21)30-19-16-28-14-17-29-18-15-28/h4-5,8-9H,2-3,6-7,10-20H2,1H3,(H2,24,25,26). The molecule has 0 saturated carbocycles. The summed E-state index contributed by atoms with van der Waals surface area (Å²) in [6.45, 7) is 13.3. The fourth-order valence-electron chi connectivity index (χ4n) is 3.91. The Kier molecular flexibility index (Phi) is 10.3. The Morgan fingerprint density at radius 3 is 2.57 bits per heavy atom. The Morgan fingerprint density at radius 1 is 1.00 bits per heavy atom. The first-order valence-electron chi connectivity index (χ1n) is 11.6. The first-order chi connectivity index (χ1) is 14.8. The molecule has 0 amide bonds. The lowest BCUT2D eigenvalue weighted by molar-refractivity contribution is 0.0322. The number of morpholine rings is 1. The molecular weight excluding hydrogens is 378 g/mol. The van der Waals surface area contributed by atoms with Gasteiger partial charge in [-0.3, -0.25) is 4.90 Å². The SMILES string of the molecule is CCNC(=NCc1ccccc1OCCN1CCOCC1)NCCN1CCCCC1. The number of hydrogen-bond donors (Lipinski definition) is 2. The maximum atomic E-state index is 6.09. The molecule has 0 spiro atoms. The second-order valence-corrected chi connectivity index (χ2v) is 7.93. The monoisotopic (exact) mass is 417 g/mol. The van der Waals surface area contributed by atoms with Crippen molar-refractivity contribution in [2.24, 2.45) is 4.99 Å². The van der Waals surface area contributed by atoms with E-state index in [2.05, 4.69) is 39.5 Å². The smallest absolute Gasteiger partial charge is 0.191 e. The molecule has 168 valence electrons. The van der Waals surface area contributed by atoms with Crippen LogP contribution in [0, 0.1) is 0 Å². The number of nitrogens with zero attached hydrogens (tertiary/aromatic N) is 3. The molecule has 2 N–H and O–H groups in total. The Hall–Kier alpha value is -1.83. The molecule has 7 nitrogen and oxygen atoms in total. The number of ether oxygens (including phenoxy) is 2. The summed E-state index contributed by atoms with van der Waals surface area (Å²) in [5.74, 6) is 1.80. The Labute approximate surface area is 181 Å². The van der Waals surface area contributed by atoms with Gasteiger partial charge in [0.05, 0.1) is 19.8 Å². The van der Waals surface area contributed by atoms with Gasteiger partial charge in [-0.15, -0.1) is 0 Å². The van der Waals surface area contributed by atoms with Crippen LogP contribution in [0.15, 0.2) is 29.3 Å². The van der Waals surface area contributed by atoms with E-state index in [0.29, 0.717) is 13.2 Å². The van der Waals surface area contributed by atoms with Crippen LogP contribution in [0.4, 0.5) is 0 Å². The lowest BCUT2D eigenvalue weighted by atomic mass is 10.1. The van der Waals surface area contributed by atoms with Crippen LogP contribution < -0.4 is 15.4 Å². The number of nitrogens with one attached hydrogen (secondary N) is 2. The molecule has 7 heteroatoms. The average molecular weight is 418 g/mol. The summed E-state index contributed by atoms with van der Waals surface area (Å²) >= 11 is 0. The molecule has 1 aromatic carbocycles. The van der Waals surface area contributed by atoms with Crippen molar-refractivity contribution in [2.45, 2.75) is 32.7 Å². The molecule has 3 rings (SSSR count). The molecule has 0 aromatic heterocycles. The molecular formula is C23H39N5O2. The number of rotatable bonds is 10. The van der Waals surface area contributed by atoms with Crippen molar-refractivity contribution in [2.75, 3.05) is 72.2 Å². The summed E-state index contributed by atoms with van der Waals surface area (Å²) < 4.78 is 11.5. The molecule has 0 unspecified atom stereocenters. The molecule has 0 radical (unpaired) electrons. The van der Waals surface area contributed by atoms with Crippen LogP contribution in [0.5, 0.6) is 5.75 Å². The van der Waals surface area contributed by atoms with Gasteiger partial charge < -0.3 is 25.0 Å². The fourth-order valence-corrected chi connectivity index (χ4v) is 3.91. The molecule has 1 aromatic rings. The van der Waals surface area contributed by atoms with E-state index in [-0.39, 0.29) is 0 Å². The minimum absolute atomic E-state index is 0.604. The summed E-state index contributed by atoms with van der Waals surface area (Å²) in [5, 5.41) is 6.84. The third-order valence-electron chi connectivity index (χ3n) is 5.66. The maximum Gasteiger partial charge on any atom is 0.191 e. The molecule has 2 aliphatic rings. The van der Waals surface area contributed by atoms with Crippen molar-refractivity contribution >= 4 is 5.96 Å². The second kappa shape index (κ2) is 13.5. The van der Waals surface area contributed by atoms with Crippen molar-refractivity contribution in [3.05, 3.63) is 29.8 Å². The zero-order valence-corrected chi connectivity index (χ0v) is 18.6. The van der Waals surface area contributed by atoms with Gasteiger partial charge in [0.2, 0.25) is 0 Å². The van der Waals surface area contributed by atoms with Crippen molar-refractivity contribution < 1.29 is 9.47 Å². The third-order valence-corrected chi connectivity index (χ3v) is 5.66. The van der Waals surface area contributed by atoms with Gasteiger partial charge in [-0.05, 0) is 38.9 Å². The van der Waals surface area contributed by atoms with Gasteiger partial charge in [-0.25, -0.2) is 4.99 Å². The number of aliphatic imine (C=N–C) groups is 1. The summed E-state index contributed by atoms with van der Waals surface area (Å²) in [6, 6.07) is 8.22. The third kappa shape index (κ3) is 8.13. The summed E-state index contributed by atoms with van der Waals surface area (Å²) in [5.41, 5.74) is 1.12. The van der Waals surface area contributed by atoms with Crippen molar-refractivity contribution in [1.82, 2.24) is 20.4 Å². The van der Waals surface area contributed by atoms with Crippen LogP contribution in [0.2, 0.25) is 0 Å². The first kappa shape index (κ1) is 22.8. The van der Waals surface area contributed by atoms with Crippen LogP contribution in [0.25, 0.3) is 0 Å². The van der Waals surface area contributed by atoms with Crippen LogP contribution in [0.1, 0.15) is 31.7 Å². The van der Waals surface area contributed by atoms with E-state index in [1.54, 1.807) is 0 Å². The zero-order chi connectivity index (χ0) is 20.9. The van der Waals surface area contributed by atoms with Gasteiger partial charge in [0, 0.05) is 44.8 Å². The van der Waals surface area contributed by atoms with E-state index in [1.165, 1.54) is 32.4 Å². The number of para-hydroxylation sites is 1. The highest BCUT2D eigenvalue weighted by Crippen LogP contribution is 2.19. The van der Waals surface area contributed by atoms with Gasteiger partial charge >= 0.3 is 0 Å². The summed E-state index contributed by atoms with van der Waals surface area (Å²) in [6.07, 6.45) is 4.04. The maximum absolute atomic E-state index is 6.09. The molecule has 0 atom stereocenters. The highest BCUT2D eigenvalue weighted by atomic mass is 16.5. The number of guanidine groups is 1. The predicted molar refractivity (Wildman–Crippen MR) is 122 cm³/mol. The van der Waals surface area contributed by atoms with Gasteiger partial charge in [0.25, 0.3) is 0 Å². The summed E-state index contributed by atoms with van der Waals surface area (Å²) in [4.78, 5) is 9.72. The van der Waals surface area contributed by atoms with Gasteiger partial charge in [-0.2, -0.15) is 0 Å². The number of hydrogen-bond acceptors (Lipinski definition) is 5. The highest BCUT2D eigenvalue weighted by molar-refractivity contribution is 5.79. The molecule has 2 saturated heterocycles. The Bertz CT molecular complexity index is 628. The number of piperidine rings is 1. The molecule has 0 aliphatic carbocycles. The molecule has 2 fully saturated rings. The highest BCUT2D eigenvalue weighted by Gasteiger charge is 2.11. The zero-order valence-electron chi connectivity index (χ0n) is 18.6. The quantitative estimate of drug-likeness (QED) is 0.448. The predicted octanol–water partition coefficient (Wildman–Crippen LogP) is 1.94. The van der Waals surface area contributed by atoms with E-state index in [1.807, 2.05) is 12.1 Å². The van der Waals surface area contributed by atoms with Crippen molar-refractivity contribution in [3.63, 3.8) is 0 Å². The molecule has 2 heterocycles. The van der Waals surface area contributed by atoms with Gasteiger partial charge in [0.1, 0.15) is 12.4 Å². The van der Waals surface area contributed by atoms with Crippen LogP contribution in [0.3, 0.4) is 0 Å². The summed E-state index contributed by atoms with van der Waals surface area (Å²) in [7, 11) is 0. The minimum Gasteiger partial charge on any atom is -0.492 e. The molecule has 2 aliphatic heterocycles. The normalized spacial score (nSPS) is 18.9. The molecule has 30 heavy (non-hydrogen) atoms.